The summed E-state index contributed by atoms with van der Waals surface area (Å²) in [5.41, 5.74) is 0. The van der Waals surface area contributed by atoms with Crippen LogP contribution in [0.25, 0.3) is 10.8 Å². The molecule has 0 aliphatic heterocycles. The fourth-order valence-electron chi connectivity index (χ4n) is 2.66. The van der Waals surface area contributed by atoms with Crippen molar-refractivity contribution in [3.8, 4) is 0 Å². The zero-order valence-electron chi connectivity index (χ0n) is 14.8. The van der Waals surface area contributed by atoms with E-state index < -0.39 is 0 Å². The number of hydrogen-bond donors (Lipinski definition) is 1. The highest BCUT2D eigenvalue weighted by atomic mass is 32.2. The molecule has 0 aliphatic carbocycles. The molecule has 0 spiro atoms. The standard InChI is InChI=1S/C20H23N3OS/c1-4-14(2)23-19(11-12-21-23)22-20(24)15(3)25-18-10-9-16-7-5-6-8-17(16)13-18/h5-15H,4H2,1-3H3,(H,22,24)/t14-,15-/m1/s1. The Balaban J connectivity index is 1.69. The summed E-state index contributed by atoms with van der Waals surface area (Å²) in [5.74, 6) is 0.744. The van der Waals surface area contributed by atoms with Crippen LogP contribution < -0.4 is 5.32 Å². The minimum absolute atomic E-state index is 0.0109. The number of rotatable bonds is 6. The second-order valence-electron chi connectivity index (χ2n) is 6.18. The minimum atomic E-state index is -0.193. The lowest BCUT2D eigenvalue weighted by Crippen LogP contribution is -2.24. The largest absolute Gasteiger partial charge is 0.310 e. The molecule has 2 atom stereocenters. The number of nitrogens with zero attached hydrogens (tertiary/aromatic N) is 2. The molecular weight excluding hydrogens is 330 g/mol. The fourth-order valence-corrected chi connectivity index (χ4v) is 3.58. The number of benzene rings is 2. The zero-order chi connectivity index (χ0) is 17.8. The van der Waals surface area contributed by atoms with E-state index in [9.17, 15) is 4.79 Å². The molecule has 3 rings (SSSR count). The zero-order valence-corrected chi connectivity index (χ0v) is 15.6. The monoisotopic (exact) mass is 353 g/mol. The van der Waals surface area contributed by atoms with E-state index in [0.29, 0.717) is 0 Å². The Bertz CT molecular complexity index is 874. The van der Waals surface area contributed by atoms with Crippen LogP contribution in [0.3, 0.4) is 0 Å². The van der Waals surface area contributed by atoms with E-state index in [2.05, 4.69) is 54.6 Å². The summed E-state index contributed by atoms with van der Waals surface area (Å²) in [7, 11) is 0. The highest BCUT2D eigenvalue weighted by Crippen LogP contribution is 2.28. The molecule has 0 saturated heterocycles. The van der Waals surface area contributed by atoms with Crippen LogP contribution in [0, 0.1) is 0 Å². The van der Waals surface area contributed by atoms with Crippen LogP contribution >= 0.6 is 11.8 Å². The van der Waals surface area contributed by atoms with Gasteiger partial charge in [-0.15, -0.1) is 11.8 Å². The van der Waals surface area contributed by atoms with E-state index in [-0.39, 0.29) is 17.2 Å². The molecule has 1 N–H and O–H groups in total. The van der Waals surface area contributed by atoms with Gasteiger partial charge in [-0.1, -0.05) is 37.3 Å². The fraction of sp³-hybridized carbons (Fsp3) is 0.300. The third kappa shape index (κ3) is 4.04. The molecule has 3 aromatic rings. The predicted octanol–water partition coefficient (Wildman–Crippen LogP) is 5.13. The molecular formula is C20H23N3OS. The molecule has 0 fully saturated rings. The van der Waals surface area contributed by atoms with E-state index in [1.165, 1.54) is 10.8 Å². The van der Waals surface area contributed by atoms with Crippen molar-refractivity contribution in [2.45, 2.75) is 43.4 Å². The molecule has 5 heteroatoms. The molecule has 130 valence electrons. The minimum Gasteiger partial charge on any atom is -0.310 e. The SMILES string of the molecule is CC[C@@H](C)n1nccc1NC(=O)[C@@H](C)Sc1ccc2ccccc2c1. The van der Waals surface area contributed by atoms with Gasteiger partial charge in [0.2, 0.25) is 5.91 Å². The lowest BCUT2D eigenvalue weighted by Gasteiger charge is -2.16. The van der Waals surface area contributed by atoms with Crippen molar-refractivity contribution >= 4 is 34.3 Å². The lowest BCUT2D eigenvalue weighted by atomic mass is 10.1. The number of thioether (sulfide) groups is 1. The van der Waals surface area contributed by atoms with Crippen LogP contribution in [0.4, 0.5) is 5.82 Å². The Labute approximate surface area is 152 Å². The Morgan fingerprint density at radius 2 is 1.92 bits per heavy atom. The van der Waals surface area contributed by atoms with E-state index in [4.69, 9.17) is 0 Å². The third-order valence-electron chi connectivity index (χ3n) is 4.33. The topological polar surface area (TPSA) is 46.9 Å². The number of carbonyl (C=O) groups excluding carboxylic acids is 1. The second-order valence-corrected chi connectivity index (χ2v) is 7.59. The van der Waals surface area contributed by atoms with Crippen molar-refractivity contribution in [2.75, 3.05) is 5.32 Å². The normalized spacial score (nSPS) is 13.6. The molecule has 4 nitrogen and oxygen atoms in total. The van der Waals surface area contributed by atoms with Crippen molar-refractivity contribution in [2.24, 2.45) is 0 Å². The van der Waals surface area contributed by atoms with E-state index >= 15 is 0 Å². The molecule has 0 bridgehead atoms. The Morgan fingerprint density at radius 1 is 1.16 bits per heavy atom. The molecule has 0 radical (unpaired) electrons. The average Bonchev–Trinajstić information content (AvgIpc) is 3.09. The first kappa shape index (κ1) is 17.5. The van der Waals surface area contributed by atoms with Gasteiger partial charge >= 0.3 is 0 Å². The van der Waals surface area contributed by atoms with E-state index in [0.717, 1.165) is 17.1 Å². The summed E-state index contributed by atoms with van der Waals surface area (Å²) < 4.78 is 1.87. The molecule has 1 aromatic heterocycles. The van der Waals surface area contributed by atoms with Gasteiger partial charge in [0.1, 0.15) is 5.82 Å². The summed E-state index contributed by atoms with van der Waals surface area (Å²) in [6, 6.07) is 16.7. The van der Waals surface area contributed by atoms with Crippen molar-refractivity contribution in [3.05, 3.63) is 54.7 Å². The number of aromatic nitrogens is 2. The van der Waals surface area contributed by atoms with E-state index in [1.54, 1.807) is 18.0 Å². The van der Waals surface area contributed by atoms with Gasteiger partial charge in [0.15, 0.2) is 0 Å². The van der Waals surface area contributed by atoms with Gasteiger partial charge in [-0.3, -0.25) is 4.79 Å². The maximum Gasteiger partial charge on any atom is 0.238 e. The molecule has 0 aliphatic rings. The van der Waals surface area contributed by atoms with Gasteiger partial charge < -0.3 is 5.32 Å². The van der Waals surface area contributed by atoms with Crippen LogP contribution in [-0.2, 0) is 4.79 Å². The first-order valence-corrected chi connectivity index (χ1v) is 9.46. The maximum atomic E-state index is 12.6. The summed E-state index contributed by atoms with van der Waals surface area (Å²) in [4.78, 5) is 13.7. The number of amides is 1. The predicted molar refractivity (Wildman–Crippen MR) is 105 cm³/mol. The van der Waals surface area contributed by atoms with Gasteiger partial charge in [0.25, 0.3) is 0 Å². The average molecular weight is 353 g/mol. The smallest absolute Gasteiger partial charge is 0.238 e. The van der Waals surface area contributed by atoms with Crippen LogP contribution in [0.5, 0.6) is 0 Å². The number of nitrogens with one attached hydrogen (secondary N) is 1. The van der Waals surface area contributed by atoms with Gasteiger partial charge in [0.05, 0.1) is 17.5 Å². The first-order chi connectivity index (χ1) is 12.1. The molecule has 25 heavy (non-hydrogen) atoms. The first-order valence-electron chi connectivity index (χ1n) is 8.58. The number of hydrogen-bond acceptors (Lipinski definition) is 3. The van der Waals surface area contributed by atoms with Crippen LogP contribution in [0.1, 0.15) is 33.2 Å². The summed E-state index contributed by atoms with van der Waals surface area (Å²) in [6.07, 6.45) is 2.69. The van der Waals surface area contributed by atoms with Crippen molar-refractivity contribution < 1.29 is 4.79 Å². The third-order valence-corrected chi connectivity index (χ3v) is 5.43. The van der Waals surface area contributed by atoms with Gasteiger partial charge in [-0.25, -0.2) is 4.68 Å². The highest BCUT2D eigenvalue weighted by Gasteiger charge is 2.17. The molecule has 1 heterocycles. The Hall–Kier alpha value is -2.27. The Kier molecular flexibility index (Phi) is 5.43. The highest BCUT2D eigenvalue weighted by molar-refractivity contribution is 8.00. The quantitative estimate of drug-likeness (QED) is 0.625. The van der Waals surface area contributed by atoms with Crippen LogP contribution in [0.15, 0.2) is 59.6 Å². The molecule has 0 unspecified atom stereocenters. The second kappa shape index (κ2) is 7.74. The van der Waals surface area contributed by atoms with E-state index in [1.807, 2.05) is 29.8 Å². The summed E-state index contributed by atoms with van der Waals surface area (Å²) in [6.45, 7) is 6.13. The summed E-state index contributed by atoms with van der Waals surface area (Å²) in [5, 5.41) is 9.52. The lowest BCUT2D eigenvalue weighted by molar-refractivity contribution is -0.115. The van der Waals surface area contributed by atoms with Gasteiger partial charge in [-0.2, -0.15) is 5.10 Å². The van der Waals surface area contributed by atoms with Gasteiger partial charge in [-0.05, 0) is 43.2 Å². The van der Waals surface area contributed by atoms with Crippen molar-refractivity contribution in [1.29, 1.82) is 0 Å². The van der Waals surface area contributed by atoms with Crippen LogP contribution in [-0.4, -0.2) is 20.9 Å². The molecule has 2 aromatic carbocycles. The molecule has 0 saturated carbocycles. The maximum absolute atomic E-state index is 12.6. The molecule has 1 amide bonds. The van der Waals surface area contributed by atoms with Crippen molar-refractivity contribution in [3.63, 3.8) is 0 Å². The van der Waals surface area contributed by atoms with Crippen molar-refractivity contribution in [1.82, 2.24) is 9.78 Å². The number of anilines is 1. The Morgan fingerprint density at radius 3 is 2.68 bits per heavy atom. The number of fused-ring (bicyclic) bond motifs is 1. The van der Waals surface area contributed by atoms with Crippen LogP contribution in [0.2, 0.25) is 0 Å². The summed E-state index contributed by atoms with van der Waals surface area (Å²) >= 11 is 1.57. The van der Waals surface area contributed by atoms with Gasteiger partial charge in [0, 0.05) is 11.0 Å². The number of carbonyl (C=O) groups is 1.